The number of rotatable bonds is 4. The van der Waals surface area contributed by atoms with E-state index >= 15 is 0 Å². The van der Waals surface area contributed by atoms with E-state index in [9.17, 15) is 0 Å². The molecule has 3 rings (SSSR count). The van der Waals surface area contributed by atoms with Gasteiger partial charge in [-0.1, -0.05) is 30.7 Å². The molecule has 0 spiro atoms. The lowest BCUT2D eigenvalue weighted by atomic mass is 10.1. The molecule has 102 valence electrons. The highest BCUT2D eigenvalue weighted by molar-refractivity contribution is 6.34. The Morgan fingerprint density at radius 2 is 2.10 bits per heavy atom. The van der Waals surface area contributed by atoms with Crippen LogP contribution in [0.25, 0.3) is 11.0 Å². The molecule has 1 unspecified atom stereocenters. The number of nitrogens with zero attached hydrogens (tertiary/aromatic N) is 2. The van der Waals surface area contributed by atoms with E-state index in [0.717, 1.165) is 23.3 Å². The zero-order valence-electron chi connectivity index (χ0n) is 11.0. The van der Waals surface area contributed by atoms with Crippen LogP contribution in [0.2, 0.25) is 5.02 Å². The van der Waals surface area contributed by atoms with E-state index in [1.54, 1.807) is 12.4 Å². The minimum atomic E-state index is -0.0790. The number of furan rings is 1. The Hall–Kier alpha value is -1.91. The molecule has 0 aliphatic carbocycles. The van der Waals surface area contributed by atoms with Gasteiger partial charge >= 0.3 is 0 Å². The van der Waals surface area contributed by atoms with Gasteiger partial charge in [0.15, 0.2) is 5.58 Å². The third-order valence-electron chi connectivity index (χ3n) is 3.12. The lowest BCUT2D eigenvalue weighted by molar-refractivity contribution is 0.475. The van der Waals surface area contributed by atoms with Crippen molar-refractivity contribution in [3.05, 3.63) is 59.3 Å². The quantitative estimate of drug-likeness (QED) is 0.797. The molecule has 0 radical (unpaired) electrons. The second-order valence-electron chi connectivity index (χ2n) is 4.47. The molecule has 0 saturated heterocycles. The fraction of sp³-hybridized carbons (Fsp3) is 0.200. The maximum atomic E-state index is 6.16. The number of hydrogen-bond donors (Lipinski definition) is 1. The molecule has 0 amide bonds. The topological polar surface area (TPSA) is 51.0 Å². The minimum absolute atomic E-state index is 0.0790. The van der Waals surface area contributed by atoms with Crippen molar-refractivity contribution < 1.29 is 4.42 Å². The Morgan fingerprint density at radius 3 is 2.80 bits per heavy atom. The molecule has 2 heterocycles. The van der Waals surface area contributed by atoms with E-state index in [1.165, 1.54) is 6.33 Å². The lowest BCUT2D eigenvalue weighted by Gasteiger charge is -2.14. The third kappa shape index (κ3) is 2.40. The summed E-state index contributed by atoms with van der Waals surface area (Å²) in [6, 6.07) is 7.65. The first kappa shape index (κ1) is 13.1. The zero-order valence-corrected chi connectivity index (χ0v) is 11.8. The van der Waals surface area contributed by atoms with Crippen molar-refractivity contribution in [2.45, 2.75) is 13.0 Å². The Morgan fingerprint density at radius 1 is 1.30 bits per heavy atom. The van der Waals surface area contributed by atoms with Gasteiger partial charge in [-0.3, -0.25) is 0 Å². The second-order valence-corrected chi connectivity index (χ2v) is 4.88. The largest absolute Gasteiger partial charge is 0.457 e. The smallest absolute Gasteiger partial charge is 0.152 e. The highest BCUT2D eigenvalue weighted by atomic mass is 35.5. The summed E-state index contributed by atoms with van der Waals surface area (Å²) in [4.78, 5) is 8.13. The zero-order chi connectivity index (χ0) is 13.9. The molecule has 20 heavy (non-hydrogen) atoms. The summed E-state index contributed by atoms with van der Waals surface area (Å²) in [5.41, 5.74) is 1.67. The van der Waals surface area contributed by atoms with Crippen molar-refractivity contribution in [3.63, 3.8) is 0 Å². The van der Waals surface area contributed by atoms with Gasteiger partial charge in [0, 0.05) is 23.3 Å². The SMILES string of the molecule is CCNC(c1cncnc1)c1cc2cccc(Cl)c2o1. The van der Waals surface area contributed by atoms with Crippen molar-refractivity contribution in [2.24, 2.45) is 0 Å². The molecule has 3 aromatic rings. The molecule has 5 heteroatoms. The fourth-order valence-corrected chi connectivity index (χ4v) is 2.46. The maximum absolute atomic E-state index is 6.16. The highest BCUT2D eigenvalue weighted by Crippen LogP contribution is 2.31. The van der Waals surface area contributed by atoms with Gasteiger partial charge in [-0.2, -0.15) is 0 Å². The Balaban J connectivity index is 2.08. The first-order chi connectivity index (χ1) is 9.79. The number of hydrogen-bond acceptors (Lipinski definition) is 4. The van der Waals surface area contributed by atoms with Crippen molar-refractivity contribution in [1.29, 1.82) is 0 Å². The van der Waals surface area contributed by atoms with Crippen LogP contribution < -0.4 is 5.32 Å². The molecule has 1 atom stereocenters. The van der Waals surface area contributed by atoms with E-state index in [2.05, 4.69) is 15.3 Å². The number of halogens is 1. The highest BCUT2D eigenvalue weighted by Gasteiger charge is 2.18. The molecule has 2 aromatic heterocycles. The van der Waals surface area contributed by atoms with Crippen LogP contribution in [0, 0.1) is 0 Å². The Bertz CT molecular complexity index is 711. The number of aromatic nitrogens is 2. The molecule has 0 fully saturated rings. The maximum Gasteiger partial charge on any atom is 0.152 e. The summed E-state index contributed by atoms with van der Waals surface area (Å²) in [6.45, 7) is 2.86. The van der Waals surface area contributed by atoms with E-state index in [0.29, 0.717) is 10.6 Å². The predicted octanol–water partition coefficient (Wildman–Crippen LogP) is 3.58. The summed E-state index contributed by atoms with van der Waals surface area (Å²) in [5, 5.41) is 4.99. The monoisotopic (exact) mass is 287 g/mol. The third-order valence-corrected chi connectivity index (χ3v) is 3.42. The van der Waals surface area contributed by atoms with Gasteiger partial charge in [0.25, 0.3) is 0 Å². The van der Waals surface area contributed by atoms with Crippen molar-refractivity contribution >= 4 is 22.6 Å². The van der Waals surface area contributed by atoms with Gasteiger partial charge in [-0.05, 0) is 18.7 Å². The summed E-state index contributed by atoms with van der Waals surface area (Å²) in [7, 11) is 0. The van der Waals surface area contributed by atoms with Crippen LogP contribution >= 0.6 is 11.6 Å². The molecule has 0 bridgehead atoms. The summed E-state index contributed by atoms with van der Waals surface area (Å²) in [5.74, 6) is 0.810. The summed E-state index contributed by atoms with van der Waals surface area (Å²) < 4.78 is 5.92. The van der Waals surface area contributed by atoms with E-state index in [4.69, 9.17) is 16.0 Å². The van der Waals surface area contributed by atoms with E-state index in [1.807, 2.05) is 31.2 Å². The second kappa shape index (κ2) is 5.61. The standard InChI is InChI=1S/C15H14ClN3O/c1-2-19-14(11-7-17-9-18-8-11)13-6-10-4-3-5-12(16)15(10)20-13/h3-9,14,19H,2H2,1H3. The van der Waals surface area contributed by atoms with Gasteiger partial charge < -0.3 is 9.73 Å². The van der Waals surface area contributed by atoms with Crippen LogP contribution in [-0.4, -0.2) is 16.5 Å². The van der Waals surface area contributed by atoms with Crippen LogP contribution in [0.4, 0.5) is 0 Å². The molecule has 1 aromatic carbocycles. The van der Waals surface area contributed by atoms with Crippen LogP contribution in [0.3, 0.4) is 0 Å². The number of benzene rings is 1. The molecular formula is C15H14ClN3O. The Kier molecular flexibility index (Phi) is 3.67. The van der Waals surface area contributed by atoms with Crippen LogP contribution in [0.5, 0.6) is 0 Å². The van der Waals surface area contributed by atoms with E-state index < -0.39 is 0 Å². The van der Waals surface area contributed by atoms with Gasteiger partial charge in [-0.15, -0.1) is 0 Å². The van der Waals surface area contributed by atoms with Gasteiger partial charge in [0.05, 0.1) is 11.1 Å². The molecule has 0 aliphatic rings. The van der Waals surface area contributed by atoms with Gasteiger partial charge in [0.1, 0.15) is 12.1 Å². The van der Waals surface area contributed by atoms with Crippen molar-refractivity contribution in [3.8, 4) is 0 Å². The van der Waals surface area contributed by atoms with Gasteiger partial charge in [-0.25, -0.2) is 9.97 Å². The first-order valence-corrected chi connectivity index (χ1v) is 6.83. The summed E-state index contributed by atoms with van der Waals surface area (Å²) in [6.07, 6.45) is 5.09. The first-order valence-electron chi connectivity index (χ1n) is 6.46. The van der Waals surface area contributed by atoms with Crippen molar-refractivity contribution in [2.75, 3.05) is 6.54 Å². The van der Waals surface area contributed by atoms with Crippen LogP contribution in [-0.2, 0) is 0 Å². The molecular weight excluding hydrogens is 274 g/mol. The summed E-state index contributed by atoms with van der Waals surface area (Å²) >= 11 is 6.16. The minimum Gasteiger partial charge on any atom is -0.457 e. The number of para-hydroxylation sites is 1. The average molecular weight is 288 g/mol. The normalized spacial score (nSPS) is 12.7. The van der Waals surface area contributed by atoms with Crippen LogP contribution in [0.15, 0.2) is 47.4 Å². The predicted molar refractivity (Wildman–Crippen MR) is 78.8 cm³/mol. The lowest BCUT2D eigenvalue weighted by Crippen LogP contribution is -2.21. The molecule has 4 nitrogen and oxygen atoms in total. The molecule has 1 N–H and O–H groups in total. The molecule has 0 aliphatic heterocycles. The van der Waals surface area contributed by atoms with Crippen molar-refractivity contribution in [1.82, 2.24) is 15.3 Å². The number of nitrogens with one attached hydrogen (secondary N) is 1. The molecule has 0 saturated carbocycles. The Labute approximate surface area is 121 Å². The number of fused-ring (bicyclic) bond motifs is 1. The van der Waals surface area contributed by atoms with E-state index in [-0.39, 0.29) is 6.04 Å². The van der Waals surface area contributed by atoms with Gasteiger partial charge in [0.2, 0.25) is 0 Å². The fourth-order valence-electron chi connectivity index (χ4n) is 2.24. The average Bonchev–Trinajstić information content (AvgIpc) is 2.91. The van der Waals surface area contributed by atoms with Crippen LogP contribution in [0.1, 0.15) is 24.3 Å².